The highest BCUT2D eigenvalue weighted by molar-refractivity contribution is 7.19. The number of amides is 1. The summed E-state index contributed by atoms with van der Waals surface area (Å²) in [4.78, 5) is 12.1. The number of nitrogen functional groups attached to an aromatic ring is 1. The van der Waals surface area contributed by atoms with Crippen LogP contribution in [0, 0.1) is 12.7 Å². The molecule has 0 fully saturated rings. The molecule has 0 aliphatic carbocycles. The maximum absolute atomic E-state index is 12.8. The van der Waals surface area contributed by atoms with Gasteiger partial charge in [-0.25, -0.2) is 4.39 Å². The van der Waals surface area contributed by atoms with Crippen LogP contribution in [0.1, 0.15) is 15.9 Å². The SMILES string of the molecule is Cc1c(-c2ccc(F)cc2)sc(N)c1C(N)=O. The molecule has 0 unspecified atom stereocenters. The van der Waals surface area contributed by atoms with E-state index < -0.39 is 5.91 Å². The summed E-state index contributed by atoms with van der Waals surface area (Å²) in [5.41, 5.74) is 12.9. The number of carbonyl (C=O) groups excluding carboxylic acids is 1. The summed E-state index contributed by atoms with van der Waals surface area (Å²) in [6.07, 6.45) is 0. The first-order valence-electron chi connectivity index (χ1n) is 4.95. The highest BCUT2D eigenvalue weighted by Crippen LogP contribution is 2.37. The zero-order valence-electron chi connectivity index (χ0n) is 9.16. The van der Waals surface area contributed by atoms with E-state index in [0.717, 1.165) is 16.0 Å². The molecule has 17 heavy (non-hydrogen) atoms. The molecule has 1 aromatic heterocycles. The second-order valence-electron chi connectivity index (χ2n) is 3.67. The Labute approximate surface area is 102 Å². The Morgan fingerprint density at radius 1 is 1.29 bits per heavy atom. The number of benzene rings is 1. The smallest absolute Gasteiger partial charge is 0.251 e. The van der Waals surface area contributed by atoms with E-state index in [4.69, 9.17) is 11.5 Å². The van der Waals surface area contributed by atoms with Crippen LogP contribution in [0.15, 0.2) is 24.3 Å². The van der Waals surface area contributed by atoms with Gasteiger partial charge in [0.05, 0.1) is 10.6 Å². The molecule has 0 aliphatic heterocycles. The Bertz CT molecular complexity index is 575. The molecule has 0 bridgehead atoms. The summed E-state index contributed by atoms with van der Waals surface area (Å²) >= 11 is 1.28. The topological polar surface area (TPSA) is 69.1 Å². The van der Waals surface area contributed by atoms with Crippen molar-refractivity contribution in [2.24, 2.45) is 5.73 Å². The van der Waals surface area contributed by atoms with E-state index in [1.165, 1.54) is 23.5 Å². The average Bonchev–Trinajstić information content (AvgIpc) is 2.55. The molecule has 1 amide bonds. The Morgan fingerprint density at radius 2 is 1.88 bits per heavy atom. The molecule has 0 saturated carbocycles. The Hall–Kier alpha value is -1.88. The summed E-state index contributed by atoms with van der Waals surface area (Å²) < 4.78 is 12.8. The minimum Gasteiger partial charge on any atom is -0.390 e. The highest BCUT2D eigenvalue weighted by Gasteiger charge is 2.17. The summed E-state index contributed by atoms with van der Waals surface area (Å²) in [5.74, 6) is -0.837. The molecule has 0 spiro atoms. The fourth-order valence-corrected chi connectivity index (χ4v) is 2.80. The van der Waals surface area contributed by atoms with Crippen molar-refractivity contribution in [2.75, 3.05) is 5.73 Å². The summed E-state index contributed by atoms with van der Waals surface area (Å²) in [7, 11) is 0. The van der Waals surface area contributed by atoms with Gasteiger partial charge in [-0.2, -0.15) is 0 Å². The van der Waals surface area contributed by atoms with Gasteiger partial charge in [0.2, 0.25) is 0 Å². The fourth-order valence-electron chi connectivity index (χ4n) is 1.72. The van der Waals surface area contributed by atoms with Crippen LogP contribution in [0.4, 0.5) is 9.39 Å². The summed E-state index contributed by atoms with van der Waals surface area (Å²) in [6.45, 7) is 1.78. The van der Waals surface area contributed by atoms with E-state index in [9.17, 15) is 9.18 Å². The fraction of sp³-hybridized carbons (Fsp3) is 0.0833. The summed E-state index contributed by atoms with van der Waals surface area (Å²) in [6, 6.07) is 6.04. The van der Waals surface area contributed by atoms with Gasteiger partial charge in [-0.3, -0.25) is 4.79 Å². The van der Waals surface area contributed by atoms with Crippen LogP contribution in [0.3, 0.4) is 0 Å². The molecule has 0 radical (unpaired) electrons. The molecule has 5 heteroatoms. The number of carbonyl (C=O) groups is 1. The number of hydrogen-bond donors (Lipinski definition) is 2. The molecule has 3 nitrogen and oxygen atoms in total. The molecular weight excluding hydrogens is 239 g/mol. The predicted molar refractivity (Wildman–Crippen MR) is 67.4 cm³/mol. The van der Waals surface area contributed by atoms with E-state index in [1.54, 1.807) is 19.1 Å². The Kier molecular flexibility index (Phi) is 2.85. The molecule has 2 aromatic rings. The van der Waals surface area contributed by atoms with Gasteiger partial charge in [-0.05, 0) is 30.2 Å². The lowest BCUT2D eigenvalue weighted by Crippen LogP contribution is -2.13. The lowest BCUT2D eigenvalue weighted by atomic mass is 10.1. The van der Waals surface area contributed by atoms with Gasteiger partial charge in [0, 0.05) is 4.88 Å². The van der Waals surface area contributed by atoms with Crippen LogP contribution in [0.2, 0.25) is 0 Å². The van der Waals surface area contributed by atoms with E-state index in [1.807, 2.05) is 0 Å². The first-order valence-corrected chi connectivity index (χ1v) is 5.77. The van der Waals surface area contributed by atoms with Crippen LogP contribution >= 0.6 is 11.3 Å². The number of thiophene rings is 1. The highest BCUT2D eigenvalue weighted by atomic mass is 32.1. The second kappa shape index (κ2) is 4.18. The van der Waals surface area contributed by atoms with Crippen molar-refractivity contribution in [1.82, 2.24) is 0 Å². The molecule has 1 aromatic carbocycles. The van der Waals surface area contributed by atoms with Crippen molar-refractivity contribution in [2.45, 2.75) is 6.92 Å². The van der Waals surface area contributed by atoms with Crippen LogP contribution < -0.4 is 11.5 Å². The normalized spacial score (nSPS) is 10.5. The van der Waals surface area contributed by atoms with Gasteiger partial charge >= 0.3 is 0 Å². The molecule has 88 valence electrons. The first kappa shape index (κ1) is 11.6. The van der Waals surface area contributed by atoms with Crippen molar-refractivity contribution in [3.8, 4) is 10.4 Å². The Morgan fingerprint density at radius 3 is 2.35 bits per heavy atom. The third-order valence-electron chi connectivity index (χ3n) is 2.53. The van der Waals surface area contributed by atoms with E-state index in [0.29, 0.717) is 10.6 Å². The van der Waals surface area contributed by atoms with Crippen LogP contribution in [0.5, 0.6) is 0 Å². The average molecular weight is 250 g/mol. The van der Waals surface area contributed by atoms with Crippen molar-refractivity contribution in [1.29, 1.82) is 0 Å². The quantitative estimate of drug-likeness (QED) is 0.860. The largest absolute Gasteiger partial charge is 0.390 e. The molecule has 0 saturated heterocycles. The van der Waals surface area contributed by atoms with Crippen molar-refractivity contribution in [3.63, 3.8) is 0 Å². The van der Waals surface area contributed by atoms with Gasteiger partial charge in [0.1, 0.15) is 5.82 Å². The number of halogens is 1. The van der Waals surface area contributed by atoms with E-state index in [2.05, 4.69) is 0 Å². The number of primary amides is 1. The maximum atomic E-state index is 12.8. The third-order valence-corrected chi connectivity index (χ3v) is 3.70. The van der Waals surface area contributed by atoms with Crippen molar-refractivity contribution < 1.29 is 9.18 Å². The molecule has 1 heterocycles. The van der Waals surface area contributed by atoms with Gasteiger partial charge in [-0.15, -0.1) is 11.3 Å². The number of nitrogens with two attached hydrogens (primary N) is 2. The van der Waals surface area contributed by atoms with Crippen LogP contribution in [-0.2, 0) is 0 Å². The van der Waals surface area contributed by atoms with Gasteiger partial charge in [0.25, 0.3) is 5.91 Å². The maximum Gasteiger partial charge on any atom is 0.251 e. The molecule has 4 N–H and O–H groups in total. The molecule has 0 aliphatic rings. The van der Waals surface area contributed by atoms with Crippen LogP contribution in [-0.4, -0.2) is 5.91 Å². The third kappa shape index (κ3) is 2.01. The van der Waals surface area contributed by atoms with Crippen molar-refractivity contribution >= 4 is 22.2 Å². The number of anilines is 1. The predicted octanol–water partition coefficient (Wildman–Crippen LogP) is 2.54. The summed E-state index contributed by atoms with van der Waals surface area (Å²) in [5, 5.41) is 0.398. The molecule has 2 rings (SSSR count). The van der Waals surface area contributed by atoms with Crippen molar-refractivity contribution in [3.05, 3.63) is 41.2 Å². The second-order valence-corrected chi connectivity index (χ2v) is 4.72. The number of rotatable bonds is 2. The lowest BCUT2D eigenvalue weighted by Gasteiger charge is -2.00. The van der Waals surface area contributed by atoms with E-state index >= 15 is 0 Å². The zero-order chi connectivity index (χ0) is 12.6. The minimum absolute atomic E-state index is 0.300. The van der Waals surface area contributed by atoms with Gasteiger partial charge in [-0.1, -0.05) is 12.1 Å². The number of hydrogen-bond acceptors (Lipinski definition) is 3. The molecule has 0 atom stereocenters. The monoisotopic (exact) mass is 250 g/mol. The Balaban J connectivity index is 2.57. The standard InChI is InChI=1S/C12H11FN2OS/c1-6-9(11(14)16)12(15)17-10(6)7-2-4-8(13)5-3-7/h2-5H,15H2,1H3,(H2,14,16). The molecular formula is C12H11FN2OS. The minimum atomic E-state index is -0.537. The van der Waals surface area contributed by atoms with Gasteiger partial charge in [0.15, 0.2) is 0 Å². The van der Waals surface area contributed by atoms with Gasteiger partial charge < -0.3 is 11.5 Å². The van der Waals surface area contributed by atoms with E-state index in [-0.39, 0.29) is 5.82 Å². The lowest BCUT2D eigenvalue weighted by molar-refractivity contribution is 0.100. The zero-order valence-corrected chi connectivity index (χ0v) is 9.98. The first-order chi connectivity index (χ1) is 8.00. The van der Waals surface area contributed by atoms with Crippen LogP contribution in [0.25, 0.3) is 10.4 Å².